The van der Waals surface area contributed by atoms with Crippen LogP contribution in [0.1, 0.15) is 64.7 Å². The van der Waals surface area contributed by atoms with E-state index >= 15 is 0 Å². The minimum atomic E-state index is 0.774. The quantitative estimate of drug-likeness (QED) is 0.785. The monoisotopic (exact) mass is 252 g/mol. The molecule has 0 bridgehead atoms. The van der Waals surface area contributed by atoms with Crippen LogP contribution in [0, 0.1) is 11.8 Å². The molecule has 2 N–H and O–H groups in total. The van der Waals surface area contributed by atoms with Crippen molar-refractivity contribution >= 4 is 0 Å². The standard InChI is InChI=1S/C16H32N2/c1-2-18(16-10-6-9-15(16)13-17)12-11-14-7-4-3-5-8-14/h14-16H,2-13,17H2,1H3. The molecule has 2 unspecified atom stereocenters. The Kier molecular flexibility index (Phi) is 5.97. The Labute approximate surface area is 113 Å². The van der Waals surface area contributed by atoms with Crippen LogP contribution in [0.2, 0.25) is 0 Å². The zero-order valence-electron chi connectivity index (χ0n) is 12.2. The normalized spacial score (nSPS) is 30.2. The second-order valence-corrected chi connectivity index (χ2v) is 6.42. The summed E-state index contributed by atoms with van der Waals surface area (Å²) in [5.74, 6) is 1.79. The molecule has 0 radical (unpaired) electrons. The van der Waals surface area contributed by atoms with E-state index in [1.165, 1.54) is 70.9 Å². The van der Waals surface area contributed by atoms with Crippen molar-refractivity contribution in [2.24, 2.45) is 17.6 Å². The largest absolute Gasteiger partial charge is 0.330 e. The van der Waals surface area contributed by atoms with E-state index in [2.05, 4.69) is 11.8 Å². The van der Waals surface area contributed by atoms with Gasteiger partial charge < -0.3 is 10.6 Å². The van der Waals surface area contributed by atoms with Gasteiger partial charge in [0.15, 0.2) is 0 Å². The lowest BCUT2D eigenvalue weighted by Gasteiger charge is -2.33. The van der Waals surface area contributed by atoms with Crippen molar-refractivity contribution in [3.05, 3.63) is 0 Å². The van der Waals surface area contributed by atoms with Crippen LogP contribution in [0.4, 0.5) is 0 Å². The smallest absolute Gasteiger partial charge is 0.0135 e. The fraction of sp³-hybridized carbons (Fsp3) is 1.00. The number of hydrogen-bond donors (Lipinski definition) is 1. The molecule has 2 rings (SSSR count). The molecule has 2 fully saturated rings. The second kappa shape index (κ2) is 7.49. The van der Waals surface area contributed by atoms with Gasteiger partial charge in [0.25, 0.3) is 0 Å². The van der Waals surface area contributed by atoms with Crippen molar-refractivity contribution in [2.75, 3.05) is 19.6 Å². The van der Waals surface area contributed by atoms with E-state index in [-0.39, 0.29) is 0 Å². The summed E-state index contributed by atoms with van der Waals surface area (Å²) in [5, 5.41) is 0. The van der Waals surface area contributed by atoms with Gasteiger partial charge in [-0.25, -0.2) is 0 Å². The lowest BCUT2D eigenvalue weighted by Crippen LogP contribution is -2.41. The van der Waals surface area contributed by atoms with Gasteiger partial charge in [-0.05, 0) is 50.7 Å². The van der Waals surface area contributed by atoms with Crippen LogP contribution >= 0.6 is 0 Å². The van der Waals surface area contributed by atoms with E-state index in [1.54, 1.807) is 0 Å². The molecule has 0 spiro atoms. The topological polar surface area (TPSA) is 29.3 Å². The van der Waals surface area contributed by atoms with Crippen LogP contribution in [0.5, 0.6) is 0 Å². The van der Waals surface area contributed by atoms with Crippen LogP contribution in [0.15, 0.2) is 0 Å². The van der Waals surface area contributed by atoms with Crippen molar-refractivity contribution in [1.82, 2.24) is 4.90 Å². The molecule has 2 nitrogen and oxygen atoms in total. The fourth-order valence-corrected chi connectivity index (χ4v) is 4.16. The van der Waals surface area contributed by atoms with Gasteiger partial charge in [-0.2, -0.15) is 0 Å². The number of nitrogens with zero attached hydrogens (tertiary/aromatic N) is 1. The molecule has 106 valence electrons. The van der Waals surface area contributed by atoms with E-state index in [1.807, 2.05) is 0 Å². The third-order valence-electron chi connectivity index (χ3n) is 5.35. The maximum atomic E-state index is 5.93. The van der Waals surface area contributed by atoms with Gasteiger partial charge >= 0.3 is 0 Å². The predicted octanol–water partition coefficient (Wildman–Crippen LogP) is 3.41. The third-order valence-corrected chi connectivity index (χ3v) is 5.35. The van der Waals surface area contributed by atoms with Crippen molar-refractivity contribution in [1.29, 1.82) is 0 Å². The van der Waals surface area contributed by atoms with E-state index in [4.69, 9.17) is 5.73 Å². The first-order valence-electron chi connectivity index (χ1n) is 8.29. The van der Waals surface area contributed by atoms with Gasteiger partial charge in [0, 0.05) is 6.04 Å². The summed E-state index contributed by atoms with van der Waals surface area (Å²) in [6.07, 6.45) is 13.0. The van der Waals surface area contributed by atoms with Gasteiger partial charge in [-0.1, -0.05) is 45.4 Å². The molecule has 0 amide bonds. The zero-order valence-corrected chi connectivity index (χ0v) is 12.2. The Balaban J connectivity index is 1.77. The molecule has 0 saturated heterocycles. The van der Waals surface area contributed by atoms with Crippen LogP contribution in [0.25, 0.3) is 0 Å². The van der Waals surface area contributed by atoms with Crippen molar-refractivity contribution in [3.63, 3.8) is 0 Å². The highest BCUT2D eigenvalue weighted by Crippen LogP contribution is 2.31. The Morgan fingerprint density at radius 1 is 1.00 bits per heavy atom. The van der Waals surface area contributed by atoms with Gasteiger partial charge in [0.2, 0.25) is 0 Å². The van der Waals surface area contributed by atoms with E-state index in [0.717, 1.165) is 24.4 Å². The van der Waals surface area contributed by atoms with Crippen LogP contribution < -0.4 is 5.73 Å². The average molecular weight is 252 g/mol. The van der Waals surface area contributed by atoms with Crippen molar-refractivity contribution < 1.29 is 0 Å². The van der Waals surface area contributed by atoms with Crippen molar-refractivity contribution in [3.8, 4) is 0 Å². The van der Waals surface area contributed by atoms with E-state index < -0.39 is 0 Å². The first-order valence-corrected chi connectivity index (χ1v) is 8.29. The molecule has 2 heteroatoms. The Morgan fingerprint density at radius 2 is 1.78 bits per heavy atom. The average Bonchev–Trinajstić information content (AvgIpc) is 2.89. The Morgan fingerprint density at radius 3 is 2.44 bits per heavy atom. The third kappa shape index (κ3) is 3.71. The Hall–Kier alpha value is -0.0800. The minimum absolute atomic E-state index is 0.774. The molecule has 2 aliphatic carbocycles. The summed E-state index contributed by atoms with van der Waals surface area (Å²) in [4.78, 5) is 2.74. The summed E-state index contributed by atoms with van der Waals surface area (Å²) in [5.41, 5.74) is 5.93. The van der Waals surface area contributed by atoms with Gasteiger partial charge in [-0.3, -0.25) is 0 Å². The number of rotatable bonds is 6. The van der Waals surface area contributed by atoms with Crippen LogP contribution in [-0.4, -0.2) is 30.6 Å². The summed E-state index contributed by atoms with van der Waals surface area (Å²) in [7, 11) is 0. The summed E-state index contributed by atoms with van der Waals surface area (Å²) >= 11 is 0. The predicted molar refractivity (Wildman–Crippen MR) is 78.6 cm³/mol. The van der Waals surface area contributed by atoms with Gasteiger partial charge in [0.05, 0.1) is 0 Å². The lowest BCUT2D eigenvalue weighted by molar-refractivity contribution is 0.153. The molecule has 0 aliphatic heterocycles. The fourth-order valence-electron chi connectivity index (χ4n) is 4.16. The first kappa shape index (κ1) is 14.3. The lowest BCUT2D eigenvalue weighted by atomic mass is 9.86. The molecule has 2 aliphatic rings. The van der Waals surface area contributed by atoms with Gasteiger partial charge in [0.1, 0.15) is 0 Å². The van der Waals surface area contributed by atoms with E-state index in [9.17, 15) is 0 Å². The molecule has 2 atom stereocenters. The molecule has 2 saturated carbocycles. The number of nitrogens with two attached hydrogens (primary N) is 1. The van der Waals surface area contributed by atoms with E-state index in [0.29, 0.717) is 0 Å². The number of hydrogen-bond acceptors (Lipinski definition) is 2. The van der Waals surface area contributed by atoms with Crippen LogP contribution in [0.3, 0.4) is 0 Å². The maximum absolute atomic E-state index is 5.93. The molecule has 0 aromatic rings. The molecule has 18 heavy (non-hydrogen) atoms. The molecule has 0 heterocycles. The first-order chi connectivity index (χ1) is 8.85. The highest BCUT2D eigenvalue weighted by molar-refractivity contribution is 4.86. The second-order valence-electron chi connectivity index (χ2n) is 6.42. The van der Waals surface area contributed by atoms with Crippen LogP contribution in [-0.2, 0) is 0 Å². The maximum Gasteiger partial charge on any atom is 0.0135 e. The zero-order chi connectivity index (χ0) is 12.8. The summed E-state index contributed by atoms with van der Waals surface area (Å²) < 4.78 is 0. The molecule has 0 aromatic heterocycles. The molecular formula is C16H32N2. The molecular weight excluding hydrogens is 220 g/mol. The minimum Gasteiger partial charge on any atom is -0.330 e. The van der Waals surface area contributed by atoms with Gasteiger partial charge in [-0.15, -0.1) is 0 Å². The summed E-state index contributed by atoms with van der Waals surface area (Å²) in [6, 6.07) is 0.795. The van der Waals surface area contributed by atoms with Crippen molar-refractivity contribution in [2.45, 2.75) is 70.8 Å². The SMILES string of the molecule is CCN(CCC1CCCCC1)C1CCCC1CN. The Bertz CT molecular complexity index is 223. The summed E-state index contributed by atoms with van der Waals surface area (Å²) in [6.45, 7) is 5.76. The molecule has 0 aromatic carbocycles. The highest BCUT2D eigenvalue weighted by atomic mass is 15.2. The highest BCUT2D eigenvalue weighted by Gasteiger charge is 2.30.